The van der Waals surface area contributed by atoms with Gasteiger partial charge in [-0.3, -0.25) is 0 Å². The van der Waals surface area contributed by atoms with Gasteiger partial charge in [0, 0.05) is 39.3 Å². The number of hydrogen-bond donors (Lipinski definition) is 4. The summed E-state index contributed by atoms with van der Waals surface area (Å²) in [6, 6.07) is 0. The van der Waals surface area contributed by atoms with Crippen molar-refractivity contribution in [3.63, 3.8) is 0 Å². The van der Waals surface area contributed by atoms with Gasteiger partial charge in [-0.15, -0.1) is 0 Å². The number of nitrogens with one attached hydrogen (secondary N) is 3. The van der Waals surface area contributed by atoms with Gasteiger partial charge in [0.1, 0.15) is 0 Å². The van der Waals surface area contributed by atoms with E-state index in [9.17, 15) is 0 Å². The van der Waals surface area contributed by atoms with Crippen LogP contribution < -0.4 is 21.7 Å². The van der Waals surface area contributed by atoms with Crippen LogP contribution in [0.2, 0.25) is 0 Å². The number of nitrogens with two attached hydrogens (primary N) is 1. The zero-order valence-electron chi connectivity index (χ0n) is 15.1. The Hall–Kier alpha value is -0.160. The first-order valence-electron chi connectivity index (χ1n) is 9.74. The van der Waals surface area contributed by atoms with Crippen LogP contribution >= 0.6 is 0 Å². The maximum absolute atomic E-state index is 5.41. The highest BCUT2D eigenvalue weighted by atomic mass is 15.0. The summed E-state index contributed by atoms with van der Waals surface area (Å²) in [5.41, 5.74) is 5.41. The van der Waals surface area contributed by atoms with Crippen LogP contribution in [0.1, 0.15) is 71.1 Å². The van der Waals surface area contributed by atoms with Crippen molar-refractivity contribution in [1.82, 2.24) is 16.0 Å². The lowest BCUT2D eigenvalue weighted by atomic mass is 10.1. The van der Waals surface area contributed by atoms with Crippen LogP contribution in [0.5, 0.6) is 0 Å². The molecule has 0 unspecified atom stereocenters. The maximum Gasteiger partial charge on any atom is 0.00772 e. The molecular weight excluding hydrogens is 272 g/mol. The lowest BCUT2D eigenvalue weighted by molar-refractivity contribution is 0.536. The number of unbranched alkanes of at least 4 members (excludes halogenated alkanes) is 9. The van der Waals surface area contributed by atoms with Gasteiger partial charge in [-0.1, -0.05) is 64.7 Å². The zero-order valence-corrected chi connectivity index (χ0v) is 15.1. The molecule has 0 saturated heterocycles. The first-order chi connectivity index (χ1) is 10.9. The van der Waals surface area contributed by atoms with E-state index in [0.717, 1.165) is 39.3 Å². The summed E-state index contributed by atoms with van der Waals surface area (Å²) >= 11 is 0. The van der Waals surface area contributed by atoms with Crippen LogP contribution in [0.3, 0.4) is 0 Å². The van der Waals surface area contributed by atoms with Crippen molar-refractivity contribution in [2.24, 2.45) is 5.73 Å². The van der Waals surface area contributed by atoms with Gasteiger partial charge in [-0.05, 0) is 13.0 Å². The summed E-state index contributed by atoms with van der Waals surface area (Å²) in [6.45, 7) is 9.26. The Kier molecular flexibility index (Phi) is 20.7. The van der Waals surface area contributed by atoms with Crippen molar-refractivity contribution in [1.29, 1.82) is 0 Å². The molecule has 0 aliphatic heterocycles. The van der Waals surface area contributed by atoms with E-state index < -0.39 is 0 Å². The Bertz CT molecular complexity index is 168. The molecule has 4 heteroatoms. The molecule has 0 saturated carbocycles. The number of rotatable bonds is 19. The Morgan fingerprint density at radius 3 is 1.41 bits per heavy atom. The minimum atomic E-state index is 0.723. The second-order valence-corrected chi connectivity index (χ2v) is 6.22. The summed E-state index contributed by atoms with van der Waals surface area (Å²) in [5, 5.41) is 10.2. The standard InChI is InChI=1S/C18H42N4/c1-2-3-4-5-6-7-8-9-10-11-13-20-15-17-22-18-16-21-14-12-19/h20-22H,2-19H2,1H3. The van der Waals surface area contributed by atoms with Crippen molar-refractivity contribution in [3.05, 3.63) is 0 Å². The van der Waals surface area contributed by atoms with Gasteiger partial charge in [0.25, 0.3) is 0 Å². The van der Waals surface area contributed by atoms with E-state index in [1.165, 1.54) is 70.8 Å². The largest absolute Gasteiger partial charge is 0.329 e. The molecule has 0 aromatic heterocycles. The van der Waals surface area contributed by atoms with E-state index in [4.69, 9.17) is 5.73 Å². The Labute approximate surface area is 139 Å². The van der Waals surface area contributed by atoms with Crippen LogP contribution in [0.25, 0.3) is 0 Å². The van der Waals surface area contributed by atoms with Crippen LogP contribution in [0, 0.1) is 0 Å². The van der Waals surface area contributed by atoms with Crippen molar-refractivity contribution < 1.29 is 0 Å². The summed E-state index contributed by atoms with van der Waals surface area (Å²) in [7, 11) is 0. The molecule has 22 heavy (non-hydrogen) atoms. The smallest absolute Gasteiger partial charge is 0.00772 e. The second-order valence-electron chi connectivity index (χ2n) is 6.22. The predicted octanol–water partition coefficient (Wildman–Crippen LogP) is 2.63. The van der Waals surface area contributed by atoms with E-state index >= 15 is 0 Å². The average Bonchev–Trinajstić information content (AvgIpc) is 2.54. The molecule has 0 radical (unpaired) electrons. The number of hydrogen-bond acceptors (Lipinski definition) is 4. The monoisotopic (exact) mass is 314 g/mol. The van der Waals surface area contributed by atoms with Crippen LogP contribution in [-0.4, -0.2) is 45.8 Å². The molecular formula is C18H42N4. The molecule has 0 aliphatic rings. The highest BCUT2D eigenvalue weighted by molar-refractivity contribution is 4.55. The third-order valence-electron chi connectivity index (χ3n) is 3.99. The quantitative estimate of drug-likeness (QED) is 0.277. The summed E-state index contributed by atoms with van der Waals surface area (Å²) in [6.07, 6.45) is 14.1. The Balaban J connectivity index is 2.91. The molecule has 0 rings (SSSR count). The lowest BCUT2D eigenvalue weighted by Crippen LogP contribution is -2.34. The van der Waals surface area contributed by atoms with Crippen molar-refractivity contribution in [2.75, 3.05) is 45.8 Å². The molecule has 0 heterocycles. The third kappa shape index (κ3) is 19.8. The fraction of sp³-hybridized carbons (Fsp3) is 1.00. The van der Waals surface area contributed by atoms with E-state index in [2.05, 4.69) is 22.9 Å². The average molecular weight is 315 g/mol. The minimum Gasteiger partial charge on any atom is -0.329 e. The Morgan fingerprint density at radius 2 is 0.909 bits per heavy atom. The van der Waals surface area contributed by atoms with Crippen molar-refractivity contribution in [2.45, 2.75) is 71.1 Å². The fourth-order valence-electron chi connectivity index (χ4n) is 2.57. The molecule has 5 N–H and O–H groups in total. The van der Waals surface area contributed by atoms with Gasteiger partial charge in [0.05, 0.1) is 0 Å². The fourth-order valence-corrected chi connectivity index (χ4v) is 2.57. The lowest BCUT2D eigenvalue weighted by Gasteiger charge is -2.07. The predicted molar refractivity (Wildman–Crippen MR) is 99.5 cm³/mol. The summed E-state index contributed by atoms with van der Waals surface area (Å²) < 4.78 is 0. The molecule has 0 aliphatic carbocycles. The van der Waals surface area contributed by atoms with E-state index in [1.807, 2.05) is 0 Å². The zero-order chi connectivity index (χ0) is 16.1. The van der Waals surface area contributed by atoms with Gasteiger partial charge in [-0.2, -0.15) is 0 Å². The Morgan fingerprint density at radius 1 is 0.500 bits per heavy atom. The van der Waals surface area contributed by atoms with Crippen LogP contribution in [-0.2, 0) is 0 Å². The van der Waals surface area contributed by atoms with Gasteiger partial charge >= 0.3 is 0 Å². The van der Waals surface area contributed by atoms with Crippen molar-refractivity contribution >= 4 is 0 Å². The summed E-state index contributed by atoms with van der Waals surface area (Å²) in [5.74, 6) is 0. The maximum atomic E-state index is 5.41. The van der Waals surface area contributed by atoms with Crippen LogP contribution in [0.4, 0.5) is 0 Å². The molecule has 0 fully saturated rings. The molecule has 0 bridgehead atoms. The molecule has 4 nitrogen and oxygen atoms in total. The SMILES string of the molecule is CCCCCCCCCCCCNCCNCCNCCN. The second kappa shape index (κ2) is 20.8. The molecule has 0 aromatic rings. The normalized spacial score (nSPS) is 11.2. The van der Waals surface area contributed by atoms with Gasteiger partial charge in [0.2, 0.25) is 0 Å². The molecule has 134 valence electrons. The topological polar surface area (TPSA) is 62.1 Å². The molecule has 0 aromatic carbocycles. The summed E-state index contributed by atoms with van der Waals surface area (Å²) in [4.78, 5) is 0. The van der Waals surface area contributed by atoms with E-state index in [-0.39, 0.29) is 0 Å². The van der Waals surface area contributed by atoms with Crippen molar-refractivity contribution in [3.8, 4) is 0 Å². The highest BCUT2D eigenvalue weighted by Gasteiger charge is 1.93. The molecule has 0 atom stereocenters. The molecule has 0 spiro atoms. The highest BCUT2D eigenvalue weighted by Crippen LogP contribution is 2.10. The first-order valence-corrected chi connectivity index (χ1v) is 9.74. The van der Waals surface area contributed by atoms with E-state index in [0.29, 0.717) is 0 Å². The third-order valence-corrected chi connectivity index (χ3v) is 3.99. The van der Waals surface area contributed by atoms with Gasteiger partial charge in [0.15, 0.2) is 0 Å². The first kappa shape index (κ1) is 21.8. The van der Waals surface area contributed by atoms with Gasteiger partial charge < -0.3 is 21.7 Å². The minimum absolute atomic E-state index is 0.723. The molecule has 0 amide bonds. The van der Waals surface area contributed by atoms with Crippen LogP contribution in [0.15, 0.2) is 0 Å². The van der Waals surface area contributed by atoms with Gasteiger partial charge in [-0.25, -0.2) is 0 Å². The van der Waals surface area contributed by atoms with E-state index in [1.54, 1.807) is 0 Å².